The maximum Gasteiger partial charge on any atom is 0.135 e. The Labute approximate surface area is 120 Å². The first-order valence-corrected chi connectivity index (χ1v) is 7.28. The van der Waals surface area contributed by atoms with E-state index in [4.69, 9.17) is 0 Å². The van der Waals surface area contributed by atoms with Gasteiger partial charge in [0.15, 0.2) is 0 Å². The number of hydrogen-bond donors (Lipinski definition) is 1. The van der Waals surface area contributed by atoms with E-state index in [1.807, 2.05) is 18.3 Å². The predicted molar refractivity (Wildman–Crippen MR) is 78.1 cm³/mol. The number of nitrogens with one attached hydrogen (secondary N) is 1. The van der Waals surface area contributed by atoms with E-state index in [1.54, 1.807) is 6.20 Å². The lowest BCUT2D eigenvalue weighted by Crippen LogP contribution is -2.08. The molecule has 1 fully saturated rings. The van der Waals surface area contributed by atoms with Crippen LogP contribution in [0.1, 0.15) is 30.1 Å². The van der Waals surface area contributed by atoms with Crippen molar-refractivity contribution in [1.82, 2.24) is 15.0 Å². The van der Waals surface area contributed by atoms with Gasteiger partial charge in [-0.1, -0.05) is 6.07 Å². The van der Waals surface area contributed by atoms with Gasteiger partial charge in [0.2, 0.25) is 0 Å². The molecule has 1 saturated carbocycles. The number of nitrogens with zero attached hydrogens (tertiary/aromatic N) is 3. The highest BCUT2D eigenvalue weighted by molar-refractivity contribution is 9.10. The Bertz CT molecular complexity index is 555. The number of rotatable bonds is 5. The third-order valence-corrected chi connectivity index (χ3v) is 3.50. The fraction of sp³-hybridized carbons (Fsp3) is 0.357. The minimum absolute atomic E-state index is 0.566. The van der Waals surface area contributed by atoms with E-state index in [-0.39, 0.29) is 0 Å². The minimum atomic E-state index is 0.566. The number of hydrogen-bond acceptors (Lipinski definition) is 4. The molecule has 0 saturated heterocycles. The van der Waals surface area contributed by atoms with Gasteiger partial charge in [-0.3, -0.25) is 4.98 Å². The molecule has 0 amide bonds. The largest absolute Gasteiger partial charge is 0.370 e. The summed E-state index contributed by atoms with van der Waals surface area (Å²) in [4.78, 5) is 13.1. The zero-order chi connectivity index (χ0) is 13.1. The standard InChI is InChI=1S/C14H15BrN4/c15-12-8-13(19-14(18-12)11-3-4-11)17-7-5-10-2-1-6-16-9-10/h1-2,6,8-9,11H,3-5,7H2,(H,17,18,19). The summed E-state index contributed by atoms with van der Waals surface area (Å²) in [6, 6.07) is 5.97. The summed E-state index contributed by atoms with van der Waals surface area (Å²) in [6.07, 6.45) is 7.05. The molecule has 0 radical (unpaired) electrons. The summed E-state index contributed by atoms with van der Waals surface area (Å²) in [5.74, 6) is 2.42. The summed E-state index contributed by atoms with van der Waals surface area (Å²) in [7, 11) is 0. The van der Waals surface area contributed by atoms with Crippen molar-refractivity contribution in [2.45, 2.75) is 25.2 Å². The fourth-order valence-electron chi connectivity index (χ4n) is 1.93. The summed E-state index contributed by atoms with van der Waals surface area (Å²) < 4.78 is 0.855. The van der Waals surface area contributed by atoms with Crippen molar-refractivity contribution >= 4 is 21.7 Å². The summed E-state index contributed by atoms with van der Waals surface area (Å²) in [6.45, 7) is 0.846. The average Bonchev–Trinajstić information content (AvgIpc) is 3.24. The van der Waals surface area contributed by atoms with Crippen LogP contribution in [0.2, 0.25) is 0 Å². The molecule has 98 valence electrons. The fourth-order valence-corrected chi connectivity index (χ4v) is 2.33. The SMILES string of the molecule is Brc1cc(NCCc2cccnc2)nc(C2CC2)n1. The topological polar surface area (TPSA) is 50.7 Å². The van der Waals surface area contributed by atoms with E-state index in [0.29, 0.717) is 5.92 Å². The van der Waals surface area contributed by atoms with Gasteiger partial charge in [-0.25, -0.2) is 9.97 Å². The van der Waals surface area contributed by atoms with Crippen molar-refractivity contribution < 1.29 is 0 Å². The number of halogens is 1. The van der Waals surface area contributed by atoms with Gasteiger partial charge in [-0.2, -0.15) is 0 Å². The van der Waals surface area contributed by atoms with Gasteiger partial charge >= 0.3 is 0 Å². The van der Waals surface area contributed by atoms with Gasteiger partial charge in [0.25, 0.3) is 0 Å². The molecule has 1 aliphatic carbocycles. The van der Waals surface area contributed by atoms with Crippen LogP contribution in [0.25, 0.3) is 0 Å². The zero-order valence-corrected chi connectivity index (χ0v) is 12.1. The van der Waals surface area contributed by atoms with Crippen molar-refractivity contribution in [3.63, 3.8) is 0 Å². The summed E-state index contributed by atoms with van der Waals surface area (Å²) >= 11 is 3.44. The van der Waals surface area contributed by atoms with E-state index in [9.17, 15) is 0 Å². The van der Waals surface area contributed by atoms with Crippen molar-refractivity contribution in [1.29, 1.82) is 0 Å². The lowest BCUT2D eigenvalue weighted by Gasteiger charge is -2.07. The van der Waals surface area contributed by atoms with Crippen LogP contribution in [0.4, 0.5) is 5.82 Å². The van der Waals surface area contributed by atoms with Crippen molar-refractivity contribution in [3.8, 4) is 0 Å². The molecular formula is C14H15BrN4. The van der Waals surface area contributed by atoms with Crippen molar-refractivity contribution in [3.05, 3.63) is 46.6 Å². The second-order valence-electron chi connectivity index (χ2n) is 4.75. The Morgan fingerprint density at radius 3 is 2.95 bits per heavy atom. The van der Waals surface area contributed by atoms with E-state index in [2.05, 4.69) is 42.3 Å². The minimum Gasteiger partial charge on any atom is -0.370 e. The molecule has 0 bridgehead atoms. The zero-order valence-electron chi connectivity index (χ0n) is 10.5. The van der Waals surface area contributed by atoms with E-state index in [1.165, 1.54) is 18.4 Å². The van der Waals surface area contributed by atoms with Crippen LogP contribution < -0.4 is 5.32 Å². The highest BCUT2D eigenvalue weighted by atomic mass is 79.9. The second-order valence-corrected chi connectivity index (χ2v) is 5.56. The second kappa shape index (κ2) is 5.65. The lowest BCUT2D eigenvalue weighted by atomic mass is 10.2. The van der Waals surface area contributed by atoms with Crippen molar-refractivity contribution in [2.24, 2.45) is 0 Å². The maximum absolute atomic E-state index is 4.56. The Kier molecular flexibility index (Phi) is 3.73. The summed E-state index contributed by atoms with van der Waals surface area (Å²) in [5, 5.41) is 3.35. The molecule has 0 spiro atoms. The molecule has 2 aromatic rings. The van der Waals surface area contributed by atoms with Gasteiger partial charge in [0, 0.05) is 30.9 Å². The van der Waals surface area contributed by atoms with Gasteiger partial charge in [-0.15, -0.1) is 0 Å². The van der Waals surface area contributed by atoms with Crippen LogP contribution in [0.3, 0.4) is 0 Å². The highest BCUT2D eigenvalue weighted by Crippen LogP contribution is 2.38. The van der Waals surface area contributed by atoms with Crippen molar-refractivity contribution in [2.75, 3.05) is 11.9 Å². The van der Waals surface area contributed by atoms with Gasteiger partial charge in [-0.05, 0) is 46.8 Å². The molecule has 4 nitrogen and oxygen atoms in total. The highest BCUT2D eigenvalue weighted by Gasteiger charge is 2.27. The van der Waals surface area contributed by atoms with E-state index in [0.717, 1.165) is 29.2 Å². The van der Waals surface area contributed by atoms with E-state index >= 15 is 0 Å². The predicted octanol–water partition coefficient (Wildman–Crippen LogP) is 3.17. The molecule has 3 rings (SSSR count). The molecule has 5 heteroatoms. The molecular weight excluding hydrogens is 304 g/mol. The molecule has 2 heterocycles. The maximum atomic E-state index is 4.56. The Morgan fingerprint density at radius 1 is 1.32 bits per heavy atom. The molecule has 19 heavy (non-hydrogen) atoms. The lowest BCUT2D eigenvalue weighted by molar-refractivity contribution is 0.904. The van der Waals surface area contributed by atoms with Gasteiger partial charge in [0.1, 0.15) is 16.2 Å². The molecule has 0 aromatic carbocycles. The normalized spacial score (nSPS) is 14.4. The first-order valence-electron chi connectivity index (χ1n) is 6.48. The third-order valence-electron chi connectivity index (χ3n) is 3.10. The van der Waals surface area contributed by atoms with Gasteiger partial charge < -0.3 is 5.32 Å². The average molecular weight is 319 g/mol. The Hall–Kier alpha value is -1.49. The molecule has 0 unspecified atom stereocenters. The third kappa shape index (κ3) is 3.50. The molecule has 2 aromatic heterocycles. The molecule has 0 aliphatic heterocycles. The molecule has 0 atom stereocenters. The summed E-state index contributed by atoms with van der Waals surface area (Å²) in [5.41, 5.74) is 1.23. The van der Waals surface area contributed by atoms with Crippen LogP contribution in [0, 0.1) is 0 Å². The first-order chi connectivity index (χ1) is 9.31. The Balaban J connectivity index is 1.60. The van der Waals surface area contributed by atoms with Crippen LogP contribution >= 0.6 is 15.9 Å². The first kappa shape index (κ1) is 12.5. The van der Waals surface area contributed by atoms with Gasteiger partial charge in [0.05, 0.1) is 0 Å². The van der Waals surface area contributed by atoms with Crippen LogP contribution in [-0.4, -0.2) is 21.5 Å². The van der Waals surface area contributed by atoms with E-state index < -0.39 is 0 Å². The molecule has 1 aliphatic rings. The number of anilines is 1. The Morgan fingerprint density at radius 2 is 2.21 bits per heavy atom. The quantitative estimate of drug-likeness (QED) is 0.860. The number of aromatic nitrogens is 3. The van der Waals surface area contributed by atoms with Crippen LogP contribution in [0.5, 0.6) is 0 Å². The molecule has 1 N–H and O–H groups in total. The monoisotopic (exact) mass is 318 g/mol. The number of pyridine rings is 1. The van der Waals surface area contributed by atoms with Crippen LogP contribution in [0.15, 0.2) is 35.2 Å². The van der Waals surface area contributed by atoms with Crippen LogP contribution in [-0.2, 0) is 6.42 Å². The smallest absolute Gasteiger partial charge is 0.135 e.